The number of benzene rings is 1. The molecule has 2 radical (unpaired) electrons. The van der Waals surface area contributed by atoms with E-state index in [1.165, 1.54) is 24.3 Å². The zero-order valence-corrected chi connectivity index (χ0v) is 10.1. The fraction of sp³-hybridized carbons (Fsp3) is 0.182. The molecule has 0 aliphatic heterocycles. The molecule has 0 fully saturated rings. The van der Waals surface area contributed by atoms with Gasteiger partial charge in [0, 0.05) is 5.56 Å². The molecule has 0 bridgehead atoms. The Morgan fingerprint density at radius 2 is 1.79 bits per heavy atom. The van der Waals surface area contributed by atoms with E-state index < -0.39 is 16.8 Å². The molecular formula is C11H7BClF3N2O. The Morgan fingerprint density at radius 1 is 1.21 bits per heavy atom. The van der Waals surface area contributed by atoms with Crippen molar-refractivity contribution in [2.24, 2.45) is 0 Å². The van der Waals surface area contributed by atoms with Crippen LogP contribution in [0.4, 0.5) is 13.2 Å². The van der Waals surface area contributed by atoms with Crippen LogP contribution in [0.1, 0.15) is 11.3 Å². The highest BCUT2D eigenvalue weighted by Gasteiger charge is 2.33. The lowest BCUT2D eigenvalue weighted by Gasteiger charge is -2.15. The first-order valence-electron chi connectivity index (χ1n) is 5.11. The number of nitrogens with zero attached hydrogens (tertiary/aromatic N) is 1. The standard InChI is InChI=1S/C11H7BClF3N2O/c12-10(13,19)7-3-1-6(2-4-7)9-17-5-8(18-9)11(14,15)16/h1-5,19H,(H,17,18). The Kier molecular flexibility index (Phi) is 3.36. The summed E-state index contributed by atoms with van der Waals surface area (Å²) in [5, 5.41) is 9.33. The van der Waals surface area contributed by atoms with E-state index in [1.807, 2.05) is 0 Å². The number of nitrogens with one attached hydrogen (secondary N) is 1. The summed E-state index contributed by atoms with van der Waals surface area (Å²) < 4.78 is 37.2. The summed E-state index contributed by atoms with van der Waals surface area (Å²) in [5.41, 5.74) is -0.292. The zero-order chi connectivity index (χ0) is 14.3. The first-order chi connectivity index (χ1) is 8.68. The van der Waals surface area contributed by atoms with Gasteiger partial charge in [0.25, 0.3) is 0 Å². The van der Waals surface area contributed by atoms with E-state index in [4.69, 9.17) is 19.4 Å². The Labute approximate surface area is 112 Å². The molecule has 0 aliphatic carbocycles. The molecule has 2 rings (SSSR count). The molecule has 0 saturated carbocycles. The first-order valence-corrected chi connectivity index (χ1v) is 5.49. The van der Waals surface area contributed by atoms with Gasteiger partial charge in [0.1, 0.15) is 24.3 Å². The molecule has 1 aromatic carbocycles. The van der Waals surface area contributed by atoms with Gasteiger partial charge in [-0.2, -0.15) is 13.2 Å². The second kappa shape index (κ2) is 4.57. The maximum absolute atomic E-state index is 12.4. The number of hydrogen-bond donors (Lipinski definition) is 2. The summed E-state index contributed by atoms with van der Waals surface area (Å²) in [6.45, 7) is 0. The van der Waals surface area contributed by atoms with Crippen molar-refractivity contribution in [3.63, 3.8) is 0 Å². The van der Waals surface area contributed by atoms with Crippen molar-refractivity contribution in [2.45, 2.75) is 11.1 Å². The van der Waals surface area contributed by atoms with E-state index in [9.17, 15) is 18.3 Å². The fourth-order valence-corrected chi connectivity index (χ4v) is 1.60. The van der Waals surface area contributed by atoms with Gasteiger partial charge in [0.2, 0.25) is 0 Å². The van der Waals surface area contributed by atoms with Crippen LogP contribution in [0.5, 0.6) is 0 Å². The van der Waals surface area contributed by atoms with E-state index in [-0.39, 0.29) is 11.4 Å². The number of aliphatic hydroxyl groups is 1. The Bertz CT molecular complexity index is 575. The van der Waals surface area contributed by atoms with E-state index in [1.54, 1.807) is 0 Å². The molecular weight excluding hydrogens is 279 g/mol. The lowest BCUT2D eigenvalue weighted by molar-refractivity contribution is -0.140. The summed E-state index contributed by atoms with van der Waals surface area (Å²) in [4.78, 5) is 3.79. The molecule has 1 atom stereocenters. The Morgan fingerprint density at radius 3 is 2.21 bits per heavy atom. The number of alkyl halides is 4. The molecule has 0 saturated heterocycles. The third kappa shape index (κ3) is 3.11. The minimum absolute atomic E-state index is 0.0639. The predicted molar refractivity (Wildman–Crippen MR) is 64.5 cm³/mol. The summed E-state index contributed by atoms with van der Waals surface area (Å²) in [7, 11) is 5.26. The van der Waals surface area contributed by atoms with Crippen molar-refractivity contribution in [3.8, 4) is 11.4 Å². The number of aromatic amines is 1. The van der Waals surface area contributed by atoms with Crippen molar-refractivity contribution >= 4 is 19.4 Å². The fourth-order valence-electron chi connectivity index (χ4n) is 1.47. The van der Waals surface area contributed by atoms with Gasteiger partial charge < -0.3 is 10.1 Å². The number of rotatable bonds is 2. The van der Waals surface area contributed by atoms with Crippen molar-refractivity contribution < 1.29 is 18.3 Å². The van der Waals surface area contributed by atoms with Gasteiger partial charge >= 0.3 is 6.18 Å². The highest BCUT2D eigenvalue weighted by molar-refractivity contribution is 6.42. The molecule has 0 aliphatic rings. The lowest BCUT2D eigenvalue weighted by atomic mass is 9.91. The van der Waals surface area contributed by atoms with Crippen LogP contribution < -0.4 is 0 Å². The number of H-pyrrole nitrogens is 1. The zero-order valence-electron chi connectivity index (χ0n) is 9.37. The van der Waals surface area contributed by atoms with Gasteiger partial charge in [-0.25, -0.2) is 4.98 Å². The third-order valence-electron chi connectivity index (χ3n) is 2.44. The molecule has 0 spiro atoms. The van der Waals surface area contributed by atoms with Gasteiger partial charge in [-0.1, -0.05) is 35.9 Å². The predicted octanol–water partition coefficient (Wildman–Crippen LogP) is 2.61. The summed E-state index contributed by atoms with van der Waals surface area (Å²) in [5.74, 6) is 0.0639. The molecule has 2 N–H and O–H groups in total. The topological polar surface area (TPSA) is 48.9 Å². The third-order valence-corrected chi connectivity index (χ3v) is 2.66. The summed E-state index contributed by atoms with van der Waals surface area (Å²) >= 11 is 5.48. The van der Waals surface area contributed by atoms with E-state index >= 15 is 0 Å². The molecule has 3 nitrogen and oxygen atoms in total. The molecule has 98 valence electrons. The number of halogens is 4. The maximum atomic E-state index is 12.4. The lowest BCUT2D eigenvalue weighted by Crippen LogP contribution is -2.16. The minimum Gasteiger partial charge on any atom is -0.380 e. The molecule has 0 amide bonds. The number of aromatic nitrogens is 2. The normalized spacial score (nSPS) is 15.2. The van der Waals surface area contributed by atoms with E-state index in [0.29, 0.717) is 11.8 Å². The second-order valence-electron chi connectivity index (χ2n) is 3.89. The molecule has 1 aromatic heterocycles. The van der Waals surface area contributed by atoms with Gasteiger partial charge in [0.15, 0.2) is 0 Å². The van der Waals surface area contributed by atoms with Crippen LogP contribution in [0.3, 0.4) is 0 Å². The maximum Gasteiger partial charge on any atom is 0.432 e. The van der Waals surface area contributed by atoms with Gasteiger partial charge in [-0.3, -0.25) is 0 Å². The largest absolute Gasteiger partial charge is 0.432 e. The SMILES string of the molecule is [B]C(O)(Cl)c1ccc(-c2ncc(C(F)(F)F)[nH]2)cc1. The van der Waals surface area contributed by atoms with Crippen molar-refractivity contribution in [1.82, 2.24) is 9.97 Å². The minimum atomic E-state index is -4.47. The van der Waals surface area contributed by atoms with Gasteiger partial charge in [0.05, 0.1) is 6.20 Å². The van der Waals surface area contributed by atoms with Crippen LogP contribution >= 0.6 is 11.6 Å². The summed E-state index contributed by atoms with van der Waals surface area (Å²) in [6.07, 6.45) is -3.76. The molecule has 1 heterocycles. The van der Waals surface area contributed by atoms with E-state index in [0.717, 1.165) is 0 Å². The van der Waals surface area contributed by atoms with Crippen LogP contribution in [0.2, 0.25) is 0 Å². The van der Waals surface area contributed by atoms with Crippen LogP contribution in [-0.4, -0.2) is 22.9 Å². The highest BCUT2D eigenvalue weighted by atomic mass is 35.5. The number of imidazole rings is 1. The Balaban J connectivity index is 2.31. The van der Waals surface area contributed by atoms with Crippen LogP contribution in [0.25, 0.3) is 11.4 Å². The smallest absolute Gasteiger partial charge is 0.380 e. The van der Waals surface area contributed by atoms with Crippen molar-refractivity contribution in [3.05, 3.63) is 41.7 Å². The molecule has 1 unspecified atom stereocenters. The molecule has 2 aromatic rings. The van der Waals surface area contributed by atoms with Gasteiger partial charge in [-0.05, 0) is 5.56 Å². The van der Waals surface area contributed by atoms with Crippen LogP contribution in [0.15, 0.2) is 30.5 Å². The summed E-state index contributed by atoms with van der Waals surface area (Å²) in [6, 6.07) is 5.71. The Hall–Kier alpha value is -1.47. The average Bonchev–Trinajstić information content (AvgIpc) is 2.77. The van der Waals surface area contributed by atoms with Crippen LogP contribution in [-0.2, 0) is 11.1 Å². The molecule has 8 heteroatoms. The first kappa shape index (κ1) is 14.0. The average molecular weight is 286 g/mol. The van der Waals surface area contributed by atoms with Crippen molar-refractivity contribution in [2.75, 3.05) is 0 Å². The van der Waals surface area contributed by atoms with E-state index in [2.05, 4.69) is 9.97 Å². The van der Waals surface area contributed by atoms with Crippen molar-refractivity contribution in [1.29, 1.82) is 0 Å². The molecule has 19 heavy (non-hydrogen) atoms. The monoisotopic (exact) mass is 286 g/mol. The highest BCUT2D eigenvalue weighted by Crippen LogP contribution is 2.30. The number of hydrogen-bond acceptors (Lipinski definition) is 2. The second-order valence-corrected chi connectivity index (χ2v) is 4.47. The van der Waals surface area contributed by atoms with Gasteiger partial charge in [-0.15, -0.1) is 0 Å². The quantitative estimate of drug-likeness (QED) is 0.658. The van der Waals surface area contributed by atoms with Crippen LogP contribution in [0, 0.1) is 0 Å².